The van der Waals surface area contributed by atoms with E-state index in [2.05, 4.69) is 118 Å². The van der Waals surface area contributed by atoms with Gasteiger partial charge in [0.2, 0.25) is 0 Å². The summed E-state index contributed by atoms with van der Waals surface area (Å²) in [6.45, 7) is 6.10. The number of anilines is 3. The number of benzene rings is 3. The molecule has 2 aliphatic rings. The SMILES string of the molecule is CN1C=CN(c2cccc(Oc3cc(-c4ncccn4)cc(N4CN(C)C(C)(C)c5ccccc54)c3)c2)C1. The summed E-state index contributed by atoms with van der Waals surface area (Å²) < 4.78 is 6.49. The number of nitrogens with zero attached hydrogens (tertiary/aromatic N) is 6. The van der Waals surface area contributed by atoms with E-state index in [1.807, 2.05) is 24.3 Å². The third kappa shape index (κ3) is 4.46. The van der Waals surface area contributed by atoms with Crippen LogP contribution in [0.2, 0.25) is 0 Å². The second-order valence-corrected chi connectivity index (χ2v) is 10.4. The summed E-state index contributed by atoms with van der Waals surface area (Å²) in [5, 5.41) is 0. The highest BCUT2D eigenvalue weighted by Crippen LogP contribution is 2.44. The number of rotatable bonds is 5. The molecule has 38 heavy (non-hydrogen) atoms. The molecule has 0 N–H and O–H groups in total. The van der Waals surface area contributed by atoms with Crippen LogP contribution in [-0.4, -0.2) is 47.2 Å². The van der Waals surface area contributed by atoms with Gasteiger partial charge in [-0.1, -0.05) is 24.3 Å². The molecule has 0 fully saturated rings. The Morgan fingerprint density at radius 3 is 2.34 bits per heavy atom. The molecule has 7 heteroatoms. The lowest BCUT2D eigenvalue weighted by molar-refractivity contribution is 0.150. The minimum atomic E-state index is -0.0783. The Balaban J connectivity index is 1.41. The van der Waals surface area contributed by atoms with Crippen molar-refractivity contribution in [2.45, 2.75) is 19.4 Å². The van der Waals surface area contributed by atoms with Crippen molar-refractivity contribution in [3.63, 3.8) is 0 Å². The number of ether oxygens (including phenoxy) is 1. The molecule has 192 valence electrons. The molecule has 0 spiro atoms. The summed E-state index contributed by atoms with van der Waals surface area (Å²) in [6, 6.07) is 24.9. The summed E-state index contributed by atoms with van der Waals surface area (Å²) in [5.74, 6) is 2.18. The zero-order chi connectivity index (χ0) is 26.3. The first-order valence-electron chi connectivity index (χ1n) is 12.8. The Morgan fingerprint density at radius 2 is 1.55 bits per heavy atom. The topological polar surface area (TPSA) is 48.0 Å². The lowest BCUT2D eigenvalue weighted by atomic mass is 9.88. The first kappa shape index (κ1) is 24.0. The van der Waals surface area contributed by atoms with E-state index >= 15 is 0 Å². The summed E-state index contributed by atoms with van der Waals surface area (Å²) >= 11 is 0. The minimum absolute atomic E-state index is 0.0783. The fourth-order valence-corrected chi connectivity index (χ4v) is 5.05. The molecule has 3 heterocycles. The van der Waals surface area contributed by atoms with Crippen LogP contribution in [0.4, 0.5) is 17.1 Å². The van der Waals surface area contributed by atoms with Crippen LogP contribution in [0.1, 0.15) is 19.4 Å². The predicted molar refractivity (Wildman–Crippen MR) is 152 cm³/mol. The van der Waals surface area contributed by atoms with E-state index in [1.54, 1.807) is 12.4 Å². The van der Waals surface area contributed by atoms with E-state index in [-0.39, 0.29) is 5.54 Å². The van der Waals surface area contributed by atoms with Crippen LogP contribution in [0.15, 0.2) is 97.6 Å². The molecule has 0 saturated carbocycles. The molecule has 2 aliphatic heterocycles. The monoisotopic (exact) mass is 504 g/mol. The van der Waals surface area contributed by atoms with Crippen molar-refractivity contribution in [1.29, 1.82) is 0 Å². The van der Waals surface area contributed by atoms with Crippen LogP contribution in [-0.2, 0) is 5.54 Å². The molecular weight excluding hydrogens is 472 g/mol. The van der Waals surface area contributed by atoms with Gasteiger partial charge in [-0.05, 0) is 62.9 Å². The molecule has 4 aromatic rings. The van der Waals surface area contributed by atoms with Crippen molar-refractivity contribution in [3.8, 4) is 22.9 Å². The third-order valence-corrected chi connectivity index (χ3v) is 7.45. The second-order valence-electron chi connectivity index (χ2n) is 10.4. The molecule has 0 unspecified atom stereocenters. The number of hydrogen-bond acceptors (Lipinski definition) is 7. The Hall–Kier alpha value is -4.36. The molecule has 7 nitrogen and oxygen atoms in total. The summed E-state index contributed by atoms with van der Waals surface area (Å²) in [5.41, 5.74) is 5.42. The van der Waals surface area contributed by atoms with Crippen LogP contribution in [0.5, 0.6) is 11.5 Å². The highest BCUT2D eigenvalue weighted by molar-refractivity contribution is 5.75. The first-order chi connectivity index (χ1) is 18.4. The van der Waals surface area contributed by atoms with Gasteiger partial charge < -0.3 is 19.4 Å². The summed E-state index contributed by atoms with van der Waals surface area (Å²) in [6.07, 6.45) is 7.69. The van der Waals surface area contributed by atoms with Crippen LogP contribution >= 0.6 is 0 Å². The van der Waals surface area contributed by atoms with Crippen molar-refractivity contribution in [2.75, 3.05) is 37.2 Å². The fraction of sp³-hybridized carbons (Fsp3) is 0.226. The van der Waals surface area contributed by atoms with Crippen molar-refractivity contribution in [1.82, 2.24) is 19.8 Å². The largest absolute Gasteiger partial charge is 0.457 e. The normalized spacial score (nSPS) is 16.6. The van der Waals surface area contributed by atoms with E-state index in [0.717, 1.165) is 41.8 Å². The smallest absolute Gasteiger partial charge is 0.159 e. The standard InChI is InChI=1S/C31H32N6O/c1-31(2)28-11-5-6-12-29(28)37(22-35(31)4)25-17-23(30-32-13-8-14-33-30)18-27(20-25)38-26-10-7-9-24(19-26)36-16-15-34(3)21-36/h5-20H,21-22H2,1-4H3. The lowest BCUT2D eigenvalue weighted by Crippen LogP contribution is -2.49. The van der Waals surface area contributed by atoms with Gasteiger partial charge in [-0.15, -0.1) is 0 Å². The Labute approximate surface area is 224 Å². The highest BCUT2D eigenvalue weighted by atomic mass is 16.5. The van der Waals surface area contributed by atoms with Gasteiger partial charge in [-0.3, -0.25) is 4.90 Å². The Morgan fingerprint density at radius 1 is 0.763 bits per heavy atom. The molecule has 1 aromatic heterocycles. The number of para-hydroxylation sites is 1. The Bertz CT molecular complexity index is 1480. The van der Waals surface area contributed by atoms with Crippen LogP contribution < -0.4 is 14.5 Å². The number of aromatic nitrogens is 2. The second kappa shape index (κ2) is 9.50. The zero-order valence-electron chi connectivity index (χ0n) is 22.2. The molecule has 0 amide bonds. The summed E-state index contributed by atoms with van der Waals surface area (Å²) in [4.78, 5) is 18.1. The molecule has 3 aromatic carbocycles. The van der Waals surface area contributed by atoms with Crippen LogP contribution in [0.25, 0.3) is 11.4 Å². The third-order valence-electron chi connectivity index (χ3n) is 7.45. The highest BCUT2D eigenvalue weighted by Gasteiger charge is 2.36. The molecule has 0 radical (unpaired) electrons. The fourth-order valence-electron chi connectivity index (χ4n) is 5.05. The molecule has 6 rings (SSSR count). The van der Waals surface area contributed by atoms with E-state index < -0.39 is 0 Å². The maximum absolute atomic E-state index is 6.49. The maximum Gasteiger partial charge on any atom is 0.159 e. The van der Waals surface area contributed by atoms with Gasteiger partial charge in [0, 0.05) is 72.1 Å². The van der Waals surface area contributed by atoms with Crippen molar-refractivity contribution in [2.24, 2.45) is 0 Å². The first-order valence-corrected chi connectivity index (χ1v) is 12.8. The van der Waals surface area contributed by atoms with Gasteiger partial charge in [-0.25, -0.2) is 9.97 Å². The van der Waals surface area contributed by atoms with Gasteiger partial charge in [0.1, 0.15) is 11.5 Å². The quantitative estimate of drug-likeness (QED) is 0.312. The lowest BCUT2D eigenvalue weighted by Gasteiger charge is -2.47. The van der Waals surface area contributed by atoms with Gasteiger partial charge in [-0.2, -0.15) is 0 Å². The molecule has 0 aliphatic carbocycles. The average molecular weight is 505 g/mol. The Kier molecular flexibility index (Phi) is 6.00. The van der Waals surface area contributed by atoms with Crippen LogP contribution in [0, 0.1) is 0 Å². The maximum atomic E-state index is 6.49. The number of hydrogen-bond donors (Lipinski definition) is 0. The van der Waals surface area contributed by atoms with E-state index in [4.69, 9.17) is 4.74 Å². The summed E-state index contributed by atoms with van der Waals surface area (Å²) in [7, 11) is 4.23. The average Bonchev–Trinajstić information content (AvgIpc) is 3.38. The van der Waals surface area contributed by atoms with E-state index in [0.29, 0.717) is 5.82 Å². The van der Waals surface area contributed by atoms with Crippen LogP contribution in [0.3, 0.4) is 0 Å². The zero-order valence-corrected chi connectivity index (χ0v) is 22.2. The molecule has 0 saturated heterocycles. The predicted octanol–water partition coefficient (Wildman–Crippen LogP) is 6.39. The van der Waals surface area contributed by atoms with E-state index in [1.165, 1.54) is 11.3 Å². The molecule has 0 bridgehead atoms. The molecular formula is C31H32N6O. The van der Waals surface area contributed by atoms with Gasteiger partial charge in [0.25, 0.3) is 0 Å². The van der Waals surface area contributed by atoms with Gasteiger partial charge in [0.05, 0.1) is 13.3 Å². The number of fused-ring (bicyclic) bond motifs is 1. The molecule has 0 atom stereocenters. The van der Waals surface area contributed by atoms with E-state index in [9.17, 15) is 0 Å². The van der Waals surface area contributed by atoms with Gasteiger partial charge in [0.15, 0.2) is 5.82 Å². The van der Waals surface area contributed by atoms with Gasteiger partial charge >= 0.3 is 0 Å². The van der Waals surface area contributed by atoms with Crippen molar-refractivity contribution in [3.05, 3.63) is 103 Å². The van der Waals surface area contributed by atoms with Crippen molar-refractivity contribution < 1.29 is 4.74 Å². The minimum Gasteiger partial charge on any atom is -0.457 e. The van der Waals surface area contributed by atoms with Crippen molar-refractivity contribution >= 4 is 17.1 Å².